The predicted octanol–water partition coefficient (Wildman–Crippen LogP) is 2.85. The fourth-order valence-electron chi connectivity index (χ4n) is 2.02. The molecule has 64 valence electrons. The van der Waals surface area contributed by atoms with Gasteiger partial charge in [0, 0.05) is 11.1 Å². The molecule has 1 aromatic carbocycles. The summed E-state index contributed by atoms with van der Waals surface area (Å²) < 4.78 is 0. The summed E-state index contributed by atoms with van der Waals surface area (Å²) in [7, 11) is 0. The molecule has 0 fully saturated rings. The lowest BCUT2D eigenvalue weighted by Crippen LogP contribution is -2.04. The van der Waals surface area contributed by atoms with E-state index in [0.717, 1.165) is 11.4 Å². The van der Waals surface area contributed by atoms with Gasteiger partial charge in [-0.25, -0.2) is 0 Å². The third kappa shape index (κ3) is 1.05. The van der Waals surface area contributed by atoms with E-state index >= 15 is 0 Å². The van der Waals surface area contributed by atoms with Crippen molar-refractivity contribution in [3.05, 3.63) is 34.3 Å². The van der Waals surface area contributed by atoms with E-state index in [9.17, 15) is 0 Å². The Morgan fingerprint density at radius 2 is 2.25 bits per heavy atom. The van der Waals surface area contributed by atoms with Crippen molar-refractivity contribution in [3.63, 3.8) is 0 Å². The number of halogens is 1. The topological polar surface area (TPSA) is 26.0 Å². The molecule has 0 spiro atoms. The third-order valence-electron chi connectivity index (χ3n) is 2.59. The Bertz CT molecular complexity index is 309. The largest absolute Gasteiger partial charge is 0.324 e. The van der Waals surface area contributed by atoms with Gasteiger partial charge in [0.25, 0.3) is 0 Å². The van der Waals surface area contributed by atoms with Crippen molar-refractivity contribution < 1.29 is 0 Å². The van der Waals surface area contributed by atoms with E-state index in [2.05, 4.69) is 13.0 Å². The molecule has 0 bridgehead atoms. The number of hydrogen-bond donors (Lipinski definition) is 1. The average molecular weight is 182 g/mol. The van der Waals surface area contributed by atoms with Crippen LogP contribution >= 0.6 is 11.6 Å². The first-order valence-electron chi connectivity index (χ1n) is 4.24. The molecular formula is C10H12ClN. The van der Waals surface area contributed by atoms with E-state index in [1.165, 1.54) is 11.1 Å². The van der Waals surface area contributed by atoms with Crippen LogP contribution in [0.1, 0.15) is 36.4 Å². The van der Waals surface area contributed by atoms with Crippen molar-refractivity contribution in [2.45, 2.75) is 25.3 Å². The lowest BCUT2D eigenvalue weighted by Gasteiger charge is -2.05. The lowest BCUT2D eigenvalue weighted by atomic mass is 10.0. The van der Waals surface area contributed by atoms with Crippen molar-refractivity contribution in [2.24, 2.45) is 5.73 Å². The minimum absolute atomic E-state index is 0.189. The maximum Gasteiger partial charge on any atom is 0.0444 e. The molecule has 2 heteroatoms. The molecule has 0 aromatic heterocycles. The highest BCUT2D eigenvalue weighted by molar-refractivity contribution is 6.31. The molecule has 2 unspecified atom stereocenters. The minimum Gasteiger partial charge on any atom is -0.324 e. The highest BCUT2D eigenvalue weighted by Gasteiger charge is 2.26. The zero-order valence-electron chi connectivity index (χ0n) is 7.05. The third-order valence-corrected chi connectivity index (χ3v) is 2.92. The van der Waals surface area contributed by atoms with E-state index in [1.54, 1.807) is 0 Å². The van der Waals surface area contributed by atoms with Gasteiger partial charge < -0.3 is 5.73 Å². The second-order valence-electron chi connectivity index (χ2n) is 3.49. The van der Waals surface area contributed by atoms with Crippen LogP contribution in [0.5, 0.6) is 0 Å². The molecule has 0 saturated heterocycles. The van der Waals surface area contributed by atoms with Gasteiger partial charge in [0.1, 0.15) is 0 Å². The molecule has 2 atom stereocenters. The first-order chi connectivity index (χ1) is 5.70. The summed E-state index contributed by atoms with van der Waals surface area (Å²) in [5, 5.41) is 0.868. The van der Waals surface area contributed by atoms with Crippen molar-refractivity contribution in [3.8, 4) is 0 Å². The second kappa shape index (κ2) is 2.75. The van der Waals surface area contributed by atoms with Crippen LogP contribution < -0.4 is 5.73 Å². The van der Waals surface area contributed by atoms with Crippen LogP contribution in [0.2, 0.25) is 5.02 Å². The van der Waals surface area contributed by atoms with E-state index < -0.39 is 0 Å². The van der Waals surface area contributed by atoms with E-state index in [1.807, 2.05) is 12.1 Å². The fourth-order valence-corrected chi connectivity index (χ4v) is 2.39. The Labute approximate surface area is 77.5 Å². The van der Waals surface area contributed by atoms with Crippen LogP contribution in [-0.4, -0.2) is 0 Å². The Morgan fingerprint density at radius 3 is 2.92 bits per heavy atom. The summed E-state index contributed by atoms with van der Waals surface area (Å²) in [6.45, 7) is 2.18. The highest BCUT2D eigenvalue weighted by atomic mass is 35.5. The van der Waals surface area contributed by atoms with Crippen LogP contribution in [-0.2, 0) is 0 Å². The van der Waals surface area contributed by atoms with Gasteiger partial charge in [-0.15, -0.1) is 0 Å². The predicted molar refractivity (Wildman–Crippen MR) is 51.4 cm³/mol. The lowest BCUT2D eigenvalue weighted by molar-refractivity contribution is 0.640. The molecule has 0 aliphatic heterocycles. The van der Waals surface area contributed by atoms with Crippen LogP contribution in [0.25, 0.3) is 0 Å². The fraction of sp³-hybridized carbons (Fsp3) is 0.400. The Kier molecular flexibility index (Phi) is 1.85. The normalized spacial score (nSPS) is 27.2. The monoisotopic (exact) mass is 181 g/mol. The van der Waals surface area contributed by atoms with E-state index in [4.69, 9.17) is 17.3 Å². The standard InChI is InChI=1S/C10H12ClN/c1-6-5-9(12)7-3-2-4-8(11)10(6)7/h2-4,6,9H,5,12H2,1H3. The molecule has 12 heavy (non-hydrogen) atoms. The quantitative estimate of drug-likeness (QED) is 0.655. The first kappa shape index (κ1) is 8.09. The van der Waals surface area contributed by atoms with Gasteiger partial charge in [0.15, 0.2) is 0 Å². The van der Waals surface area contributed by atoms with Crippen molar-refractivity contribution in [2.75, 3.05) is 0 Å². The van der Waals surface area contributed by atoms with Crippen LogP contribution in [0.4, 0.5) is 0 Å². The zero-order chi connectivity index (χ0) is 8.72. The van der Waals surface area contributed by atoms with Gasteiger partial charge in [-0.2, -0.15) is 0 Å². The van der Waals surface area contributed by atoms with Crippen LogP contribution in [0.3, 0.4) is 0 Å². The van der Waals surface area contributed by atoms with Gasteiger partial charge in [-0.1, -0.05) is 30.7 Å². The summed E-state index contributed by atoms with van der Waals surface area (Å²) in [6.07, 6.45) is 1.03. The van der Waals surface area contributed by atoms with Gasteiger partial charge in [0.2, 0.25) is 0 Å². The van der Waals surface area contributed by atoms with Crippen LogP contribution in [0, 0.1) is 0 Å². The Balaban J connectivity index is 2.59. The molecule has 1 aromatic rings. The smallest absolute Gasteiger partial charge is 0.0444 e. The maximum atomic E-state index is 6.07. The van der Waals surface area contributed by atoms with Crippen molar-refractivity contribution in [1.29, 1.82) is 0 Å². The Hall–Kier alpha value is -0.530. The number of benzene rings is 1. The molecule has 0 saturated carbocycles. The summed E-state index contributed by atoms with van der Waals surface area (Å²) in [5.41, 5.74) is 8.43. The van der Waals surface area contributed by atoms with Gasteiger partial charge >= 0.3 is 0 Å². The highest BCUT2D eigenvalue weighted by Crippen LogP contribution is 2.41. The maximum absolute atomic E-state index is 6.07. The summed E-state index contributed by atoms with van der Waals surface area (Å²) >= 11 is 6.07. The molecule has 2 N–H and O–H groups in total. The number of hydrogen-bond acceptors (Lipinski definition) is 1. The SMILES string of the molecule is CC1CC(N)c2cccc(Cl)c21. The molecule has 0 radical (unpaired) electrons. The molecule has 1 aliphatic carbocycles. The first-order valence-corrected chi connectivity index (χ1v) is 4.62. The van der Waals surface area contributed by atoms with E-state index in [0.29, 0.717) is 5.92 Å². The molecule has 1 nitrogen and oxygen atoms in total. The van der Waals surface area contributed by atoms with Gasteiger partial charge in [-0.05, 0) is 29.5 Å². The molecule has 0 amide bonds. The molecule has 0 heterocycles. The summed E-state index contributed by atoms with van der Waals surface area (Å²) in [6, 6.07) is 6.18. The summed E-state index contributed by atoms with van der Waals surface area (Å²) in [5.74, 6) is 0.517. The average Bonchev–Trinajstić information content (AvgIpc) is 2.29. The number of rotatable bonds is 0. The van der Waals surface area contributed by atoms with Gasteiger partial charge in [0.05, 0.1) is 0 Å². The zero-order valence-corrected chi connectivity index (χ0v) is 7.81. The van der Waals surface area contributed by atoms with Crippen molar-refractivity contribution in [1.82, 2.24) is 0 Å². The molecule has 2 rings (SSSR count). The molecule has 1 aliphatic rings. The second-order valence-corrected chi connectivity index (χ2v) is 3.89. The van der Waals surface area contributed by atoms with Crippen LogP contribution in [0.15, 0.2) is 18.2 Å². The number of nitrogens with two attached hydrogens (primary N) is 1. The van der Waals surface area contributed by atoms with Gasteiger partial charge in [-0.3, -0.25) is 0 Å². The summed E-state index contributed by atoms with van der Waals surface area (Å²) in [4.78, 5) is 0. The molecular weight excluding hydrogens is 170 g/mol. The Morgan fingerprint density at radius 1 is 1.50 bits per heavy atom. The van der Waals surface area contributed by atoms with Crippen molar-refractivity contribution >= 4 is 11.6 Å². The minimum atomic E-state index is 0.189. The van der Waals surface area contributed by atoms with E-state index in [-0.39, 0.29) is 6.04 Å². The number of fused-ring (bicyclic) bond motifs is 1.